The minimum Gasteiger partial charge on any atom is -0.391 e. The van der Waals surface area contributed by atoms with E-state index >= 15 is 0 Å². The zero-order valence-corrected chi connectivity index (χ0v) is 11.7. The highest BCUT2D eigenvalue weighted by atomic mass is 16.3. The summed E-state index contributed by atoms with van der Waals surface area (Å²) < 4.78 is 0. The summed E-state index contributed by atoms with van der Waals surface area (Å²) in [5, 5.41) is 13.1. The van der Waals surface area contributed by atoms with Crippen LogP contribution in [-0.4, -0.2) is 23.8 Å². The first kappa shape index (κ1) is 15.2. The third-order valence-electron chi connectivity index (χ3n) is 3.27. The Hall–Kier alpha value is -0.900. The van der Waals surface area contributed by atoms with Gasteiger partial charge in [0, 0.05) is 19.1 Å². The van der Waals surface area contributed by atoms with Crippen molar-refractivity contribution in [2.75, 3.05) is 6.54 Å². The number of rotatable bonds is 7. The second-order valence-corrected chi connectivity index (χ2v) is 5.08. The molecule has 1 aromatic carbocycles. The van der Waals surface area contributed by atoms with Gasteiger partial charge in [-0.05, 0) is 31.4 Å². The zero-order valence-electron chi connectivity index (χ0n) is 11.7. The number of nitrogens with one attached hydrogen (secondary N) is 1. The lowest BCUT2D eigenvalue weighted by Gasteiger charge is -2.19. The maximum Gasteiger partial charge on any atom is 0.0703 e. The molecule has 1 aromatic rings. The molecule has 0 amide bonds. The monoisotopic (exact) mass is 250 g/mol. The normalized spacial score (nSPS) is 14.5. The summed E-state index contributed by atoms with van der Waals surface area (Å²) in [7, 11) is 0. The van der Waals surface area contributed by atoms with Crippen molar-refractivity contribution in [3.8, 4) is 0 Å². The van der Waals surface area contributed by atoms with Crippen LogP contribution in [-0.2, 0) is 6.54 Å². The molecule has 0 radical (unpaired) electrons. The Bertz CT molecular complexity index is 366. The van der Waals surface area contributed by atoms with Crippen LogP contribution in [0.1, 0.15) is 36.5 Å². The average molecular weight is 250 g/mol. The summed E-state index contributed by atoms with van der Waals surface area (Å²) >= 11 is 0. The van der Waals surface area contributed by atoms with Crippen molar-refractivity contribution in [1.82, 2.24) is 5.32 Å². The Kier molecular flexibility index (Phi) is 6.33. The van der Waals surface area contributed by atoms with Crippen molar-refractivity contribution in [2.45, 2.75) is 52.3 Å². The molecule has 0 aromatic heterocycles. The van der Waals surface area contributed by atoms with Gasteiger partial charge in [-0.2, -0.15) is 0 Å². The molecule has 0 unspecified atom stereocenters. The lowest BCUT2D eigenvalue weighted by molar-refractivity contribution is 0.133. The molecule has 0 spiro atoms. The van der Waals surface area contributed by atoms with E-state index in [2.05, 4.69) is 44.3 Å². The largest absolute Gasteiger partial charge is 0.391 e. The number of hydrogen-bond donors (Lipinski definition) is 3. The van der Waals surface area contributed by atoms with E-state index in [-0.39, 0.29) is 6.04 Å². The fourth-order valence-corrected chi connectivity index (χ4v) is 2.06. The molecule has 1 rings (SSSR count). The standard InChI is InChI=1S/C15H26N2O/c1-4-5-15(18)14(16)10-17-9-13-7-6-11(2)8-12(13)3/h6-8,14-15,17-18H,4-5,9-10,16H2,1-3H3/t14-,15-/m0/s1. The Morgan fingerprint density at radius 2 is 2.06 bits per heavy atom. The summed E-state index contributed by atoms with van der Waals surface area (Å²) in [6.45, 7) is 7.73. The molecule has 0 aliphatic heterocycles. The van der Waals surface area contributed by atoms with Crippen LogP contribution >= 0.6 is 0 Å². The molecule has 102 valence electrons. The molecule has 0 aliphatic rings. The highest BCUT2D eigenvalue weighted by Gasteiger charge is 2.12. The first-order valence-corrected chi connectivity index (χ1v) is 6.75. The Morgan fingerprint density at radius 1 is 1.33 bits per heavy atom. The Labute approximate surface area is 110 Å². The van der Waals surface area contributed by atoms with Gasteiger partial charge in [-0.25, -0.2) is 0 Å². The predicted octanol–water partition coefficient (Wildman–Crippen LogP) is 1.88. The minimum absolute atomic E-state index is 0.185. The van der Waals surface area contributed by atoms with E-state index in [0.29, 0.717) is 6.54 Å². The van der Waals surface area contributed by atoms with Crippen molar-refractivity contribution in [3.05, 3.63) is 34.9 Å². The van der Waals surface area contributed by atoms with Crippen LogP contribution in [0.25, 0.3) is 0 Å². The van der Waals surface area contributed by atoms with E-state index in [0.717, 1.165) is 19.4 Å². The lowest BCUT2D eigenvalue weighted by atomic mass is 10.0. The van der Waals surface area contributed by atoms with Gasteiger partial charge >= 0.3 is 0 Å². The number of aliphatic hydroxyl groups excluding tert-OH is 1. The van der Waals surface area contributed by atoms with Gasteiger partial charge in [0.1, 0.15) is 0 Å². The van der Waals surface area contributed by atoms with Crippen LogP contribution in [0.5, 0.6) is 0 Å². The van der Waals surface area contributed by atoms with Crippen molar-refractivity contribution in [2.24, 2.45) is 5.73 Å². The SMILES string of the molecule is CCC[C@H](O)[C@@H](N)CNCc1ccc(C)cc1C. The first-order valence-electron chi connectivity index (χ1n) is 6.75. The van der Waals surface area contributed by atoms with E-state index < -0.39 is 6.10 Å². The van der Waals surface area contributed by atoms with Gasteiger partial charge in [-0.15, -0.1) is 0 Å². The van der Waals surface area contributed by atoms with Crippen molar-refractivity contribution in [3.63, 3.8) is 0 Å². The Balaban J connectivity index is 2.37. The topological polar surface area (TPSA) is 58.3 Å². The zero-order chi connectivity index (χ0) is 13.5. The Morgan fingerprint density at radius 3 is 2.67 bits per heavy atom. The second kappa shape index (κ2) is 7.52. The van der Waals surface area contributed by atoms with Gasteiger partial charge in [0.15, 0.2) is 0 Å². The van der Waals surface area contributed by atoms with Gasteiger partial charge in [-0.1, -0.05) is 37.1 Å². The van der Waals surface area contributed by atoms with Crippen LogP contribution in [0.15, 0.2) is 18.2 Å². The van der Waals surface area contributed by atoms with E-state index in [4.69, 9.17) is 5.73 Å². The van der Waals surface area contributed by atoms with E-state index in [9.17, 15) is 5.11 Å². The van der Waals surface area contributed by atoms with Crippen LogP contribution in [0.4, 0.5) is 0 Å². The molecule has 3 heteroatoms. The number of nitrogens with two attached hydrogens (primary N) is 1. The molecule has 0 fully saturated rings. The fraction of sp³-hybridized carbons (Fsp3) is 0.600. The number of hydrogen-bond acceptors (Lipinski definition) is 3. The number of aliphatic hydroxyl groups is 1. The third kappa shape index (κ3) is 4.77. The van der Waals surface area contributed by atoms with Crippen LogP contribution in [0.2, 0.25) is 0 Å². The van der Waals surface area contributed by atoms with Gasteiger partial charge in [0.2, 0.25) is 0 Å². The molecule has 2 atom stereocenters. The summed E-state index contributed by atoms with van der Waals surface area (Å²) in [5.41, 5.74) is 9.79. The number of aryl methyl sites for hydroxylation is 2. The van der Waals surface area contributed by atoms with Crippen LogP contribution < -0.4 is 11.1 Å². The van der Waals surface area contributed by atoms with Crippen LogP contribution in [0, 0.1) is 13.8 Å². The smallest absolute Gasteiger partial charge is 0.0703 e. The summed E-state index contributed by atoms with van der Waals surface area (Å²) in [6.07, 6.45) is 1.33. The van der Waals surface area contributed by atoms with E-state index in [1.165, 1.54) is 16.7 Å². The molecular formula is C15H26N2O. The second-order valence-electron chi connectivity index (χ2n) is 5.08. The van der Waals surface area contributed by atoms with Gasteiger partial charge < -0.3 is 16.2 Å². The molecule has 0 heterocycles. The molecular weight excluding hydrogens is 224 g/mol. The first-order chi connectivity index (χ1) is 8.54. The summed E-state index contributed by atoms with van der Waals surface area (Å²) in [5.74, 6) is 0. The number of benzene rings is 1. The maximum absolute atomic E-state index is 9.74. The van der Waals surface area contributed by atoms with Gasteiger partial charge in [0.25, 0.3) is 0 Å². The molecule has 18 heavy (non-hydrogen) atoms. The van der Waals surface area contributed by atoms with Crippen molar-refractivity contribution < 1.29 is 5.11 Å². The highest BCUT2D eigenvalue weighted by Crippen LogP contribution is 2.10. The van der Waals surface area contributed by atoms with Crippen molar-refractivity contribution in [1.29, 1.82) is 0 Å². The minimum atomic E-state index is -0.401. The van der Waals surface area contributed by atoms with E-state index in [1.54, 1.807) is 0 Å². The highest BCUT2D eigenvalue weighted by molar-refractivity contribution is 5.30. The molecule has 0 saturated heterocycles. The van der Waals surface area contributed by atoms with Gasteiger partial charge in [0.05, 0.1) is 6.10 Å². The average Bonchev–Trinajstić information content (AvgIpc) is 2.32. The predicted molar refractivity (Wildman–Crippen MR) is 76.5 cm³/mol. The summed E-state index contributed by atoms with van der Waals surface area (Å²) in [4.78, 5) is 0. The third-order valence-corrected chi connectivity index (χ3v) is 3.27. The van der Waals surface area contributed by atoms with E-state index in [1.807, 2.05) is 0 Å². The molecule has 0 aliphatic carbocycles. The molecule has 3 nitrogen and oxygen atoms in total. The maximum atomic E-state index is 9.74. The van der Waals surface area contributed by atoms with Crippen molar-refractivity contribution >= 4 is 0 Å². The molecule has 4 N–H and O–H groups in total. The summed E-state index contributed by atoms with van der Waals surface area (Å²) in [6, 6.07) is 6.26. The quantitative estimate of drug-likeness (QED) is 0.692. The molecule has 0 saturated carbocycles. The molecule has 0 bridgehead atoms. The fourth-order valence-electron chi connectivity index (χ4n) is 2.06. The van der Waals surface area contributed by atoms with Gasteiger partial charge in [-0.3, -0.25) is 0 Å². The van der Waals surface area contributed by atoms with Crippen LogP contribution in [0.3, 0.4) is 0 Å². The lowest BCUT2D eigenvalue weighted by Crippen LogP contribution is -2.43.